The third kappa shape index (κ3) is 6.55. The van der Waals surface area contributed by atoms with Crippen molar-refractivity contribution in [1.82, 2.24) is 0 Å². The van der Waals surface area contributed by atoms with Crippen molar-refractivity contribution in [1.29, 1.82) is 0 Å². The molecule has 0 saturated heterocycles. The second-order valence-corrected chi connectivity index (χ2v) is 6.60. The molecule has 0 aromatic heterocycles. The summed E-state index contributed by atoms with van der Waals surface area (Å²) in [6, 6.07) is 12.5. The molecule has 2 rings (SSSR count). The average molecular weight is 382 g/mol. The molecule has 0 aliphatic carbocycles. The molecular weight excluding hydrogens is 362 g/mol. The number of aryl methyl sites for hydroxylation is 1. The fourth-order valence-corrected chi connectivity index (χ4v) is 2.95. The molecule has 2 aromatic carbocycles. The average Bonchev–Trinajstić information content (AvgIpc) is 2.62. The number of esters is 1. The molecular formula is C19H20F2O4S. The Labute approximate surface area is 155 Å². The highest BCUT2D eigenvalue weighted by molar-refractivity contribution is 7.99. The summed E-state index contributed by atoms with van der Waals surface area (Å²) in [5.41, 5.74) is 1.82. The Bertz CT molecular complexity index is 720. The summed E-state index contributed by atoms with van der Waals surface area (Å²) in [7, 11) is 1.35. The zero-order valence-corrected chi connectivity index (χ0v) is 15.4. The molecule has 0 radical (unpaired) electrons. The Morgan fingerprint density at radius 2 is 1.85 bits per heavy atom. The second kappa shape index (κ2) is 10.0. The first kappa shape index (κ1) is 20.0. The normalized spacial score (nSPS) is 10.7. The minimum Gasteiger partial charge on any atom is -0.493 e. The number of hydrogen-bond donors (Lipinski definition) is 0. The maximum atomic E-state index is 12.3. The second-order valence-electron chi connectivity index (χ2n) is 5.44. The Hall–Kier alpha value is -2.28. The minimum absolute atomic E-state index is 0.0410. The zero-order chi connectivity index (χ0) is 18.9. The van der Waals surface area contributed by atoms with E-state index in [1.54, 1.807) is 17.8 Å². The van der Waals surface area contributed by atoms with Gasteiger partial charge in [-0.05, 0) is 36.8 Å². The summed E-state index contributed by atoms with van der Waals surface area (Å²) >= 11 is 1.58. The number of methoxy groups -OCH3 is 1. The minimum atomic E-state index is -2.93. The zero-order valence-electron chi connectivity index (χ0n) is 14.5. The number of carbonyl (C=O) groups is 1. The lowest BCUT2D eigenvalue weighted by molar-refractivity contribution is -0.144. The third-order valence-electron chi connectivity index (χ3n) is 3.44. The molecule has 0 heterocycles. The largest absolute Gasteiger partial charge is 0.493 e. The van der Waals surface area contributed by atoms with Gasteiger partial charge in [-0.3, -0.25) is 4.79 Å². The number of thioether (sulfide) groups is 1. The first-order valence-electron chi connectivity index (χ1n) is 7.94. The molecule has 0 N–H and O–H groups in total. The fourth-order valence-electron chi connectivity index (χ4n) is 2.12. The molecule has 26 heavy (non-hydrogen) atoms. The van der Waals surface area contributed by atoms with E-state index in [0.717, 1.165) is 4.90 Å². The van der Waals surface area contributed by atoms with E-state index in [4.69, 9.17) is 9.47 Å². The van der Waals surface area contributed by atoms with E-state index in [1.165, 1.54) is 24.8 Å². The van der Waals surface area contributed by atoms with Crippen molar-refractivity contribution in [3.05, 3.63) is 53.6 Å². The van der Waals surface area contributed by atoms with Gasteiger partial charge in [0.15, 0.2) is 11.5 Å². The van der Waals surface area contributed by atoms with Crippen LogP contribution in [0.15, 0.2) is 47.4 Å². The van der Waals surface area contributed by atoms with Gasteiger partial charge >= 0.3 is 12.6 Å². The maximum absolute atomic E-state index is 12.3. The van der Waals surface area contributed by atoms with Gasteiger partial charge < -0.3 is 14.2 Å². The van der Waals surface area contributed by atoms with Gasteiger partial charge in [-0.25, -0.2) is 0 Å². The Morgan fingerprint density at radius 1 is 1.12 bits per heavy atom. The van der Waals surface area contributed by atoms with Crippen LogP contribution in [-0.4, -0.2) is 25.4 Å². The summed E-state index contributed by atoms with van der Waals surface area (Å²) in [5, 5.41) is 0. The number of halogens is 2. The van der Waals surface area contributed by atoms with E-state index in [2.05, 4.69) is 4.74 Å². The number of hydrogen-bond acceptors (Lipinski definition) is 5. The summed E-state index contributed by atoms with van der Waals surface area (Å²) in [5.74, 6) is 0.393. The molecule has 7 heteroatoms. The van der Waals surface area contributed by atoms with Crippen LogP contribution in [0.3, 0.4) is 0 Å². The Morgan fingerprint density at radius 3 is 2.50 bits per heavy atom. The van der Waals surface area contributed by atoms with Gasteiger partial charge in [0.1, 0.15) is 6.61 Å². The molecule has 0 unspecified atom stereocenters. The predicted molar refractivity (Wildman–Crippen MR) is 95.9 cm³/mol. The molecule has 140 valence electrons. The summed E-state index contributed by atoms with van der Waals surface area (Å²) in [4.78, 5) is 12.9. The van der Waals surface area contributed by atoms with Crippen molar-refractivity contribution in [2.24, 2.45) is 0 Å². The molecule has 0 amide bonds. The summed E-state index contributed by atoms with van der Waals surface area (Å²) < 4.78 is 39.2. The van der Waals surface area contributed by atoms with Gasteiger partial charge in [0, 0.05) is 10.6 Å². The highest BCUT2D eigenvalue weighted by atomic mass is 32.2. The van der Waals surface area contributed by atoms with Gasteiger partial charge in [0.2, 0.25) is 0 Å². The van der Waals surface area contributed by atoms with Gasteiger partial charge in [0.05, 0.1) is 13.5 Å². The SMILES string of the molecule is COc1cc(COC(=O)CCSc2ccc(C)cc2)ccc1OC(F)F. The van der Waals surface area contributed by atoms with Gasteiger partial charge in [-0.15, -0.1) is 11.8 Å². The fraction of sp³-hybridized carbons (Fsp3) is 0.316. The van der Waals surface area contributed by atoms with Crippen LogP contribution in [0.4, 0.5) is 8.78 Å². The van der Waals surface area contributed by atoms with Gasteiger partial charge in [-0.2, -0.15) is 8.78 Å². The van der Waals surface area contributed by atoms with Crippen LogP contribution in [-0.2, 0) is 16.1 Å². The highest BCUT2D eigenvalue weighted by Crippen LogP contribution is 2.29. The molecule has 0 atom stereocenters. The van der Waals surface area contributed by atoms with Crippen molar-refractivity contribution < 1.29 is 27.8 Å². The molecule has 2 aromatic rings. The van der Waals surface area contributed by atoms with Crippen molar-refractivity contribution in [2.75, 3.05) is 12.9 Å². The van der Waals surface area contributed by atoms with E-state index in [0.29, 0.717) is 11.3 Å². The van der Waals surface area contributed by atoms with E-state index >= 15 is 0 Å². The standard InChI is InChI=1S/C19H20F2O4S/c1-13-3-6-15(7-4-13)26-10-9-18(22)24-12-14-5-8-16(25-19(20)21)17(11-14)23-2/h3-8,11,19H,9-10,12H2,1-2H3. The highest BCUT2D eigenvalue weighted by Gasteiger charge is 2.12. The van der Waals surface area contributed by atoms with E-state index in [9.17, 15) is 13.6 Å². The molecule has 0 spiro atoms. The van der Waals surface area contributed by atoms with Crippen LogP contribution in [0.1, 0.15) is 17.5 Å². The topological polar surface area (TPSA) is 44.8 Å². The van der Waals surface area contributed by atoms with E-state index < -0.39 is 6.61 Å². The van der Waals surface area contributed by atoms with Crippen LogP contribution in [0.5, 0.6) is 11.5 Å². The lowest BCUT2D eigenvalue weighted by atomic mass is 10.2. The predicted octanol–water partition coefficient (Wildman–Crippen LogP) is 4.83. The summed E-state index contributed by atoms with van der Waals surface area (Å²) in [6.45, 7) is -0.870. The lowest BCUT2D eigenvalue weighted by Crippen LogP contribution is -2.07. The Balaban J connectivity index is 1.78. The van der Waals surface area contributed by atoms with Crippen LogP contribution < -0.4 is 9.47 Å². The number of benzene rings is 2. The number of carbonyl (C=O) groups excluding carboxylic acids is 1. The number of ether oxygens (including phenoxy) is 3. The molecule has 0 aliphatic heterocycles. The summed E-state index contributed by atoms with van der Waals surface area (Å²) in [6.07, 6.45) is 0.280. The number of rotatable bonds is 9. The monoisotopic (exact) mass is 382 g/mol. The van der Waals surface area contributed by atoms with Crippen LogP contribution >= 0.6 is 11.8 Å². The molecule has 0 saturated carbocycles. The van der Waals surface area contributed by atoms with Crippen molar-refractivity contribution in [3.63, 3.8) is 0 Å². The molecule has 0 aliphatic rings. The molecule has 0 bridgehead atoms. The van der Waals surface area contributed by atoms with Crippen molar-refractivity contribution >= 4 is 17.7 Å². The van der Waals surface area contributed by atoms with Crippen LogP contribution in [0.2, 0.25) is 0 Å². The quantitative estimate of drug-likeness (QED) is 0.459. The van der Waals surface area contributed by atoms with E-state index in [-0.39, 0.29) is 30.5 Å². The van der Waals surface area contributed by atoms with Crippen molar-refractivity contribution in [2.45, 2.75) is 31.5 Å². The van der Waals surface area contributed by atoms with E-state index in [1.807, 2.05) is 31.2 Å². The molecule has 0 fully saturated rings. The van der Waals surface area contributed by atoms with Gasteiger partial charge in [-0.1, -0.05) is 23.8 Å². The third-order valence-corrected chi connectivity index (χ3v) is 4.45. The molecule has 4 nitrogen and oxygen atoms in total. The maximum Gasteiger partial charge on any atom is 0.387 e. The Kier molecular flexibility index (Phi) is 7.72. The van der Waals surface area contributed by atoms with Gasteiger partial charge in [0.25, 0.3) is 0 Å². The van der Waals surface area contributed by atoms with Crippen LogP contribution in [0.25, 0.3) is 0 Å². The van der Waals surface area contributed by atoms with Crippen LogP contribution in [0, 0.1) is 6.92 Å². The number of alkyl halides is 2. The lowest BCUT2D eigenvalue weighted by Gasteiger charge is -2.11. The van der Waals surface area contributed by atoms with Crippen molar-refractivity contribution in [3.8, 4) is 11.5 Å². The first-order chi connectivity index (χ1) is 12.5. The first-order valence-corrected chi connectivity index (χ1v) is 8.93. The smallest absolute Gasteiger partial charge is 0.387 e.